The van der Waals surface area contributed by atoms with Crippen molar-refractivity contribution < 1.29 is 9.84 Å². The van der Waals surface area contributed by atoms with Crippen LogP contribution in [0.15, 0.2) is 48.5 Å². The highest BCUT2D eigenvalue weighted by Gasteiger charge is 2.05. The second kappa shape index (κ2) is 3.67. The van der Waals surface area contributed by atoms with Crippen LogP contribution in [0.3, 0.4) is 0 Å². The molecule has 0 saturated carbocycles. The highest BCUT2D eigenvalue weighted by molar-refractivity contribution is 6.02. The van der Waals surface area contributed by atoms with E-state index in [1.807, 2.05) is 42.5 Å². The lowest BCUT2D eigenvalue weighted by molar-refractivity contribution is 0.420. The number of benzene rings is 3. The third-order valence-electron chi connectivity index (χ3n) is 3.04. The van der Waals surface area contributed by atoms with Gasteiger partial charge in [0.05, 0.1) is 7.11 Å². The van der Waals surface area contributed by atoms with E-state index >= 15 is 0 Å². The number of hydrogen-bond acceptors (Lipinski definition) is 2. The van der Waals surface area contributed by atoms with E-state index in [4.69, 9.17) is 4.74 Å². The molecule has 0 aliphatic heterocycles. The predicted molar refractivity (Wildman–Crippen MR) is 69.7 cm³/mol. The Morgan fingerprint density at radius 1 is 0.882 bits per heavy atom. The van der Waals surface area contributed by atoms with Gasteiger partial charge >= 0.3 is 0 Å². The molecule has 84 valence electrons. The van der Waals surface area contributed by atoms with E-state index in [0.717, 1.165) is 27.3 Å². The molecule has 0 heterocycles. The van der Waals surface area contributed by atoms with Gasteiger partial charge in [0.1, 0.15) is 11.5 Å². The minimum absolute atomic E-state index is 0.312. The molecular weight excluding hydrogens is 212 g/mol. The normalized spacial score (nSPS) is 10.9. The van der Waals surface area contributed by atoms with Crippen molar-refractivity contribution >= 4 is 21.5 Å². The molecule has 2 nitrogen and oxygen atoms in total. The molecule has 0 aliphatic carbocycles. The fourth-order valence-corrected chi connectivity index (χ4v) is 2.18. The summed E-state index contributed by atoms with van der Waals surface area (Å²) in [5.74, 6) is 1.17. The molecule has 3 aromatic rings. The monoisotopic (exact) mass is 224 g/mol. The molecule has 0 aliphatic rings. The topological polar surface area (TPSA) is 29.5 Å². The van der Waals surface area contributed by atoms with Crippen LogP contribution in [0.5, 0.6) is 11.5 Å². The summed E-state index contributed by atoms with van der Waals surface area (Å²) in [5, 5.41) is 13.8. The summed E-state index contributed by atoms with van der Waals surface area (Å²) in [6, 6.07) is 15.5. The maximum atomic E-state index is 9.83. The first kappa shape index (κ1) is 9.97. The fourth-order valence-electron chi connectivity index (χ4n) is 2.18. The summed E-state index contributed by atoms with van der Waals surface area (Å²) in [4.78, 5) is 0. The van der Waals surface area contributed by atoms with Gasteiger partial charge in [0.15, 0.2) is 0 Å². The second-order valence-electron chi connectivity index (χ2n) is 4.03. The van der Waals surface area contributed by atoms with Gasteiger partial charge in [-0.05, 0) is 35.0 Å². The Balaban J connectivity index is 2.48. The number of rotatable bonds is 1. The average molecular weight is 224 g/mol. The van der Waals surface area contributed by atoms with Gasteiger partial charge in [-0.1, -0.05) is 24.3 Å². The van der Waals surface area contributed by atoms with Crippen LogP contribution in [0.25, 0.3) is 21.5 Å². The molecule has 0 aromatic heterocycles. The number of phenols is 1. The summed E-state index contributed by atoms with van der Waals surface area (Å²) >= 11 is 0. The SMILES string of the molecule is COc1cccc2cc3c(O)cccc3cc12. The highest BCUT2D eigenvalue weighted by Crippen LogP contribution is 2.33. The standard InChI is InChI=1S/C15H12O2/c1-17-15-7-3-5-11-8-12-10(9-13(11)15)4-2-6-14(12)16/h2-9,16H,1H3. The summed E-state index contributed by atoms with van der Waals surface area (Å²) in [6.45, 7) is 0. The maximum Gasteiger partial charge on any atom is 0.126 e. The molecule has 17 heavy (non-hydrogen) atoms. The van der Waals surface area contributed by atoms with Gasteiger partial charge in [-0.3, -0.25) is 0 Å². The lowest BCUT2D eigenvalue weighted by atomic mass is 10.0. The lowest BCUT2D eigenvalue weighted by Crippen LogP contribution is -1.85. The number of phenolic OH excluding ortho intramolecular Hbond substituents is 1. The van der Waals surface area contributed by atoms with E-state index in [0.29, 0.717) is 5.75 Å². The zero-order valence-corrected chi connectivity index (χ0v) is 9.47. The zero-order chi connectivity index (χ0) is 11.8. The van der Waals surface area contributed by atoms with Crippen molar-refractivity contribution in [1.82, 2.24) is 0 Å². The Hall–Kier alpha value is -2.22. The molecule has 0 spiro atoms. The molecule has 0 bridgehead atoms. The van der Waals surface area contributed by atoms with Crippen molar-refractivity contribution in [3.63, 3.8) is 0 Å². The minimum atomic E-state index is 0.312. The molecular formula is C15H12O2. The van der Waals surface area contributed by atoms with E-state index in [9.17, 15) is 5.11 Å². The molecule has 0 fully saturated rings. The molecule has 0 saturated heterocycles. The first-order chi connectivity index (χ1) is 8.29. The quantitative estimate of drug-likeness (QED) is 0.638. The number of hydrogen-bond donors (Lipinski definition) is 1. The Bertz CT molecular complexity index is 702. The number of ether oxygens (including phenoxy) is 1. The number of methoxy groups -OCH3 is 1. The smallest absolute Gasteiger partial charge is 0.126 e. The van der Waals surface area contributed by atoms with Crippen molar-refractivity contribution in [2.45, 2.75) is 0 Å². The fraction of sp³-hybridized carbons (Fsp3) is 0.0667. The predicted octanol–water partition coefficient (Wildman–Crippen LogP) is 3.71. The van der Waals surface area contributed by atoms with Crippen molar-refractivity contribution in [2.75, 3.05) is 7.11 Å². The molecule has 3 aromatic carbocycles. The number of fused-ring (bicyclic) bond motifs is 2. The Kier molecular flexibility index (Phi) is 2.15. The first-order valence-corrected chi connectivity index (χ1v) is 5.48. The van der Waals surface area contributed by atoms with Crippen LogP contribution in [0.4, 0.5) is 0 Å². The largest absolute Gasteiger partial charge is 0.507 e. The van der Waals surface area contributed by atoms with Gasteiger partial charge in [-0.15, -0.1) is 0 Å². The molecule has 1 N–H and O–H groups in total. The van der Waals surface area contributed by atoms with Gasteiger partial charge in [-0.25, -0.2) is 0 Å². The summed E-state index contributed by atoms with van der Waals surface area (Å²) in [6.07, 6.45) is 0. The van der Waals surface area contributed by atoms with E-state index in [2.05, 4.69) is 0 Å². The molecule has 0 unspecified atom stereocenters. The zero-order valence-electron chi connectivity index (χ0n) is 9.47. The van der Waals surface area contributed by atoms with E-state index in [1.165, 1.54) is 0 Å². The third kappa shape index (κ3) is 1.49. The molecule has 0 atom stereocenters. The van der Waals surface area contributed by atoms with Crippen LogP contribution < -0.4 is 4.74 Å². The van der Waals surface area contributed by atoms with E-state index in [1.54, 1.807) is 13.2 Å². The maximum absolute atomic E-state index is 9.83. The molecule has 0 radical (unpaired) electrons. The highest BCUT2D eigenvalue weighted by atomic mass is 16.5. The van der Waals surface area contributed by atoms with E-state index < -0.39 is 0 Å². The van der Waals surface area contributed by atoms with Gasteiger partial charge in [-0.2, -0.15) is 0 Å². The summed E-state index contributed by atoms with van der Waals surface area (Å²) < 4.78 is 5.34. The van der Waals surface area contributed by atoms with Crippen molar-refractivity contribution in [2.24, 2.45) is 0 Å². The van der Waals surface area contributed by atoms with Gasteiger partial charge in [0.2, 0.25) is 0 Å². The van der Waals surface area contributed by atoms with Crippen LogP contribution >= 0.6 is 0 Å². The molecule has 0 amide bonds. The van der Waals surface area contributed by atoms with Crippen molar-refractivity contribution in [3.05, 3.63) is 48.5 Å². The van der Waals surface area contributed by atoms with Crippen LogP contribution in [0, 0.1) is 0 Å². The Morgan fingerprint density at radius 3 is 2.29 bits per heavy atom. The van der Waals surface area contributed by atoms with Crippen molar-refractivity contribution in [3.8, 4) is 11.5 Å². The second-order valence-corrected chi connectivity index (χ2v) is 4.03. The molecule has 3 rings (SSSR count). The van der Waals surface area contributed by atoms with Crippen LogP contribution in [-0.2, 0) is 0 Å². The van der Waals surface area contributed by atoms with Crippen LogP contribution in [0.1, 0.15) is 0 Å². The van der Waals surface area contributed by atoms with E-state index in [-0.39, 0.29) is 0 Å². The average Bonchev–Trinajstić information content (AvgIpc) is 2.36. The lowest BCUT2D eigenvalue weighted by Gasteiger charge is -2.07. The Labute approximate surface area is 99.1 Å². The minimum Gasteiger partial charge on any atom is -0.507 e. The van der Waals surface area contributed by atoms with Crippen LogP contribution in [0.2, 0.25) is 0 Å². The van der Waals surface area contributed by atoms with Crippen LogP contribution in [-0.4, -0.2) is 12.2 Å². The van der Waals surface area contributed by atoms with Gasteiger partial charge in [0, 0.05) is 10.8 Å². The van der Waals surface area contributed by atoms with Crippen molar-refractivity contribution in [1.29, 1.82) is 0 Å². The molecule has 2 heteroatoms. The Morgan fingerprint density at radius 2 is 1.53 bits per heavy atom. The van der Waals surface area contributed by atoms with Gasteiger partial charge < -0.3 is 9.84 Å². The third-order valence-corrected chi connectivity index (χ3v) is 3.04. The number of aromatic hydroxyl groups is 1. The first-order valence-electron chi connectivity index (χ1n) is 5.48. The summed E-state index contributed by atoms with van der Waals surface area (Å²) in [5.41, 5.74) is 0. The van der Waals surface area contributed by atoms with Gasteiger partial charge in [0.25, 0.3) is 0 Å². The summed E-state index contributed by atoms with van der Waals surface area (Å²) in [7, 11) is 1.67.